The minimum atomic E-state index is -0.428. The molecule has 1 amide bonds. The molecule has 3 aromatic rings. The first kappa shape index (κ1) is 19.3. The topological polar surface area (TPSA) is 122 Å². The monoisotopic (exact) mass is 397 g/mol. The van der Waals surface area contributed by atoms with Crippen molar-refractivity contribution in [2.75, 3.05) is 19.8 Å². The molecule has 9 heteroatoms. The van der Waals surface area contributed by atoms with Crippen molar-refractivity contribution in [2.24, 2.45) is 0 Å². The molecule has 4 rings (SSSR count). The summed E-state index contributed by atoms with van der Waals surface area (Å²) in [6.07, 6.45) is 3.83. The van der Waals surface area contributed by atoms with E-state index in [1.807, 2.05) is 0 Å². The highest BCUT2D eigenvalue weighted by molar-refractivity contribution is 5.96. The molecule has 9 nitrogen and oxygen atoms in total. The summed E-state index contributed by atoms with van der Waals surface area (Å²) in [7, 11) is 0. The first-order valence-electron chi connectivity index (χ1n) is 9.70. The van der Waals surface area contributed by atoms with Gasteiger partial charge in [0.15, 0.2) is 0 Å². The first-order valence-corrected chi connectivity index (χ1v) is 9.70. The van der Waals surface area contributed by atoms with Gasteiger partial charge in [0, 0.05) is 32.5 Å². The molecule has 0 spiro atoms. The van der Waals surface area contributed by atoms with Crippen LogP contribution in [-0.2, 0) is 11.3 Å². The number of carbonyl (C=O) groups is 1. The lowest BCUT2D eigenvalue weighted by Gasteiger charge is -2.15. The van der Waals surface area contributed by atoms with Gasteiger partial charge in [-0.3, -0.25) is 19.4 Å². The van der Waals surface area contributed by atoms with E-state index in [2.05, 4.69) is 10.3 Å². The second kappa shape index (κ2) is 8.14. The number of carbonyl (C=O) groups excluding carboxylic acids is 1. The zero-order chi connectivity index (χ0) is 20.4. The Labute approximate surface area is 166 Å². The largest absolute Gasteiger partial charge is 0.396 e. The van der Waals surface area contributed by atoms with Gasteiger partial charge in [0.25, 0.3) is 11.5 Å². The number of aromatic nitrogens is 3. The van der Waals surface area contributed by atoms with Crippen molar-refractivity contribution >= 4 is 22.6 Å². The van der Waals surface area contributed by atoms with Gasteiger partial charge in [0.2, 0.25) is 0 Å². The summed E-state index contributed by atoms with van der Waals surface area (Å²) in [4.78, 5) is 30.3. The average Bonchev–Trinajstić information content (AvgIpc) is 3.25. The number of nitrogens with one attached hydrogen (secondary N) is 2. The molecule has 0 radical (unpaired) electrons. The molecule has 1 atom stereocenters. The van der Waals surface area contributed by atoms with E-state index in [1.165, 1.54) is 15.0 Å². The number of nitrogens with zero attached hydrogens (tertiary/aromatic N) is 3. The Balaban J connectivity index is 1.83. The minimum Gasteiger partial charge on any atom is -0.396 e. The molecule has 4 heterocycles. The first-order chi connectivity index (χ1) is 14.1. The lowest BCUT2D eigenvalue weighted by molar-refractivity contribution is 0.0855. The number of hydrogen-bond acceptors (Lipinski definition) is 6. The van der Waals surface area contributed by atoms with E-state index in [0.717, 1.165) is 12.8 Å². The molecule has 0 aliphatic carbocycles. The van der Waals surface area contributed by atoms with E-state index in [1.54, 1.807) is 24.4 Å². The molecule has 1 aliphatic rings. The normalized spacial score (nSPS) is 16.5. The lowest BCUT2D eigenvalue weighted by Crippen LogP contribution is -2.38. The van der Waals surface area contributed by atoms with Crippen LogP contribution in [0.1, 0.15) is 29.6 Å². The van der Waals surface area contributed by atoms with Crippen LogP contribution in [0, 0.1) is 5.41 Å². The number of aliphatic hydroxyl groups excluding tert-OH is 1. The highest BCUT2D eigenvalue weighted by Crippen LogP contribution is 2.12. The number of aryl methyl sites for hydroxylation is 1. The molecular formula is C20H23N5O4. The van der Waals surface area contributed by atoms with Crippen molar-refractivity contribution in [3.05, 3.63) is 51.9 Å². The van der Waals surface area contributed by atoms with Gasteiger partial charge in [-0.15, -0.1) is 0 Å². The fourth-order valence-electron chi connectivity index (χ4n) is 3.61. The number of hydrogen-bond donors (Lipinski definition) is 3. The number of amides is 1. The van der Waals surface area contributed by atoms with Gasteiger partial charge in [-0.1, -0.05) is 6.07 Å². The number of rotatable bonds is 6. The maximum Gasteiger partial charge on any atom is 0.267 e. The molecule has 0 unspecified atom stereocenters. The molecule has 0 aromatic carbocycles. The van der Waals surface area contributed by atoms with Gasteiger partial charge >= 0.3 is 0 Å². The van der Waals surface area contributed by atoms with Crippen LogP contribution < -0.4 is 16.4 Å². The number of pyridine rings is 2. The summed E-state index contributed by atoms with van der Waals surface area (Å²) in [6, 6.07) is 6.66. The Hall–Kier alpha value is -3.04. The van der Waals surface area contributed by atoms with Crippen molar-refractivity contribution in [3.63, 3.8) is 0 Å². The third-order valence-electron chi connectivity index (χ3n) is 5.12. The van der Waals surface area contributed by atoms with Crippen LogP contribution in [-0.4, -0.2) is 50.8 Å². The van der Waals surface area contributed by atoms with Gasteiger partial charge in [0.05, 0.1) is 17.1 Å². The van der Waals surface area contributed by atoms with E-state index in [-0.39, 0.29) is 41.3 Å². The maximum absolute atomic E-state index is 13.0. The average molecular weight is 397 g/mol. The number of fused-ring (bicyclic) bond motifs is 2. The van der Waals surface area contributed by atoms with Gasteiger partial charge in [0.1, 0.15) is 16.8 Å². The van der Waals surface area contributed by atoms with Gasteiger partial charge < -0.3 is 19.7 Å². The third kappa shape index (κ3) is 3.66. The molecule has 3 aromatic heterocycles. The van der Waals surface area contributed by atoms with Crippen LogP contribution in [0.25, 0.3) is 16.7 Å². The second-order valence-electron chi connectivity index (χ2n) is 7.06. The summed E-state index contributed by atoms with van der Waals surface area (Å²) in [5, 5.41) is 20.9. The molecule has 0 saturated carbocycles. The standard InChI is InChI=1S/C20H23N5O4/c21-17-14(19(27)22-12-13-5-3-10-29-13)11-15-18(25(17)8-4-9-26)23-16-6-1-2-7-24(16)20(15)28/h1-2,6-7,11,13,21,26H,3-5,8-10,12H2,(H,22,27)/t13-/m0/s1. The maximum atomic E-state index is 13.0. The van der Waals surface area contributed by atoms with Crippen LogP contribution in [0.15, 0.2) is 35.3 Å². The lowest BCUT2D eigenvalue weighted by atomic mass is 10.1. The van der Waals surface area contributed by atoms with Crippen LogP contribution in [0.5, 0.6) is 0 Å². The third-order valence-corrected chi connectivity index (χ3v) is 5.12. The Morgan fingerprint density at radius 2 is 2.28 bits per heavy atom. The van der Waals surface area contributed by atoms with E-state index in [9.17, 15) is 14.7 Å². The highest BCUT2D eigenvalue weighted by Gasteiger charge is 2.20. The van der Waals surface area contributed by atoms with Crippen LogP contribution in [0.3, 0.4) is 0 Å². The van der Waals surface area contributed by atoms with E-state index < -0.39 is 5.91 Å². The SMILES string of the molecule is N=c1c(C(=O)NC[C@@H]2CCCO2)cc2c(=O)n3ccccc3nc2n1CCCO. The predicted octanol–water partition coefficient (Wildman–Crippen LogP) is 0.420. The van der Waals surface area contributed by atoms with Gasteiger partial charge in [-0.05, 0) is 37.5 Å². The highest BCUT2D eigenvalue weighted by atomic mass is 16.5. The zero-order valence-corrected chi connectivity index (χ0v) is 15.9. The van der Waals surface area contributed by atoms with E-state index >= 15 is 0 Å². The molecule has 3 N–H and O–H groups in total. The molecule has 1 fully saturated rings. The van der Waals surface area contributed by atoms with Crippen LogP contribution in [0.2, 0.25) is 0 Å². The van der Waals surface area contributed by atoms with Crippen LogP contribution in [0.4, 0.5) is 0 Å². The fourth-order valence-corrected chi connectivity index (χ4v) is 3.61. The van der Waals surface area contributed by atoms with Crippen molar-refractivity contribution < 1.29 is 14.6 Å². The molecule has 1 aliphatic heterocycles. The van der Waals surface area contributed by atoms with Gasteiger partial charge in [-0.25, -0.2) is 4.98 Å². The zero-order valence-electron chi connectivity index (χ0n) is 15.9. The number of aliphatic hydroxyl groups is 1. The Bertz CT molecular complexity index is 1180. The molecule has 152 valence electrons. The Morgan fingerprint density at radius 1 is 1.41 bits per heavy atom. The molecule has 1 saturated heterocycles. The number of ether oxygens (including phenoxy) is 1. The summed E-state index contributed by atoms with van der Waals surface area (Å²) < 4.78 is 8.45. The molecule has 0 bridgehead atoms. The van der Waals surface area contributed by atoms with Crippen molar-refractivity contribution in [2.45, 2.75) is 31.9 Å². The van der Waals surface area contributed by atoms with Crippen molar-refractivity contribution in [1.82, 2.24) is 19.3 Å². The summed E-state index contributed by atoms with van der Waals surface area (Å²) in [6.45, 7) is 1.25. The fraction of sp³-hybridized carbons (Fsp3) is 0.400. The summed E-state index contributed by atoms with van der Waals surface area (Å²) >= 11 is 0. The summed E-state index contributed by atoms with van der Waals surface area (Å²) in [5.74, 6) is -0.428. The predicted molar refractivity (Wildman–Crippen MR) is 106 cm³/mol. The summed E-state index contributed by atoms with van der Waals surface area (Å²) in [5.41, 5.74) is 0.538. The van der Waals surface area contributed by atoms with Crippen molar-refractivity contribution in [1.29, 1.82) is 5.41 Å². The minimum absolute atomic E-state index is 0.0219. The van der Waals surface area contributed by atoms with E-state index in [4.69, 9.17) is 10.1 Å². The van der Waals surface area contributed by atoms with Crippen molar-refractivity contribution in [3.8, 4) is 0 Å². The Morgan fingerprint density at radius 3 is 3.03 bits per heavy atom. The van der Waals surface area contributed by atoms with Gasteiger partial charge in [-0.2, -0.15) is 0 Å². The Kier molecular flexibility index (Phi) is 5.41. The molecular weight excluding hydrogens is 374 g/mol. The smallest absolute Gasteiger partial charge is 0.267 e. The van der Waals surface area contributed by atoms with E-state index in [0.29, 0.717) is 30.9 Å². The molecule has 29 heavy (non-hydrogen) atoms. The quantitative estimate of drug-likeness (QED) is 0.521. The van der Waals surface area contributed by atoms with Crippen LogP contribution >= 0.6 is 0 Å². The second-order valence-corrected chi connectivity index (χ2v) is 7.06.